The zero-order valence-corrected chi connectivity index (χ0v) is 46.3. The summed E-state index contributed by atoms with van der Waals surface area (Å²) in [5, 5.41) is 47.0. The standard InChI is InChI=1S/C26H36ClN5O4S.C18H24ClN5O2S.C8H14O3/c1-26(8-4-19(33)5-9-26)24(34)32-23(28-17-20-2-3-22(27)37-20)16-21(29-32)18-6-10-30(11-7-18)25(35)31-12-14-36-15-13-31;19-16-2-1-14(27-16)12-20-17-11-15(21-22-17)13-3-5-23(6-4-13)18(25)24-7-9-26-10-8-24;1-8(7(10)11)4-2-6(9)3-5-8/h2-3,16,18-19,28,33H,4-15,17H2,1H3;1-2,11,13H,3-10,12H2,(H2,20,21,22);6,9H,2-5H2,1H3,(H,10,11). The Hall–Kier alpha value is -4.48. The monoisotopic (exact) mass is 1120 g/mol. The zero-order chi connectivity index (χ0) is 53.1. The second-order valence-electron chi connectivity index (χ2n) is 21.2. The third-order valence-electron chi connectivity index (χ3n) is 15.8. The summed E-state index contributed by atoms with van der Waals surface area (Å²) >= 11 is 15.2. The van der Waals surface area contributed by atoms with Crippen molar-refractivity contribution in [1.82, 2.24) is 39.6 Å². The maximum Gasteiger partial charge on any atom is 0.320 e. The lowest BCUT2D eigenvalue weighted by Gasteiger charge is -2.36. The SMILES string of the molecule is CC1(C(=O)O)CCC(O)CC1.CC1(C(=O)n2nc(C3CCN(C(=O)N4CCOCC4)CC3)cc2NCc2ccc(Cl)s2)CCC(O)CC1.O=C(N1CCOCC1)N1CCC(c2cc(NCc3ccc(Cl)s3)n[nH]2)CC1. The molecule has 10 rings (SSSR count). The number of anilines is 2. The van der Waals surface area contributed by atoms with Crippen LogP contribution in [0.5, 0.6) is 0 Å². The molecule has 6 aliphatic rings. The number of H-pyrrole nitrogens is 1. The van der Waals surface area contributed by atoms with E-state index >= 15 is 0 Å². The number of piperidine rings is 2. The van der Waals surface area contributed by atoms with Gasteiger partial charge in [0.2, 0.25) is 0 Å². The number of aliphatic hydroxyl groups excluding tert-OH is 2. The minimum absolute atomic E-state index is 0.0303. The molecule has 412 valence electrons. The number of ether oxygens (including phenoxy) is 2. The number of nitrogens with one attached hydrogen (secondary N) is 3. The van der Waals surface area contributed by atoms with Gasteiger partial charge in [-0.1, -0.05) is 30.1 Å². The Morgan fingerprint density at radius 1 is 0.653 bits per heavy atom. The number of thiophene rings is 2. The van der Waals surface area contributed by atoms with Crippen LogP contribution in [0, 0.1) is 10.8 Å². The predicted octanol–water partition coefficient (Wildman–Crippen LogP) is 8.80. The molecular weight excluding hydrogens is 1040 g/mol. The molecule has 0 aromatic carbocycles. The lowest BCUT2D eigenvalue weighted by Crippen LogP contribution is -2.50. The molecule has 23 heteroatoms. The maximum atomic E-state index is 13.8. The van der Waals surface area contributed by atoms with Crippen molar-refractivity contribution in [2.24, 2.45) is 10.8 Å². The molecule has 4 aliphatic heterocycles. The van der Waals surface area contributed by atoms with E-state index in [1.807, 2.05) is 56.9 Å². The van der Waals surface area contributed by atoms with E-state index in [2.05, 4.69) is 26.9 Å². The predicted molar refractivity (Wildman–Crippen MR) is 290 cm³/mol. The fourth-order valence-corrected chi connectivity index (χ4v) is 12.6. The van der Waals surface area contributed by atoms with Crippen LogP contribution in [0.1, 0.15) is 129 Å². The van der Waals surface area contributed by atoms with Gasteiger partial charge in [0.25, 0.3) is 5.91 Å². The molecule has 0 radical (unpaired) electrons. The second kappa shape index (κ2) is 26.2. The number of urea groups is 2. The average molecular weight is 1120 g/mol. The molecule has 2 saturated carbocycles. The minimum atomic E-state index is -0.732. The van der Waals surface area contributed by atoms with Crippen LogP contribution in [0.15, 0.2) is 36.4 Å². The molecule has 75 heavy (non-hydrogen) atoms. The molecule has 6 fully saturated rings. The van der Waals surface area contributed by atoms with Gasteiger partial charge in [-0.15, -0.1) is 22.7 Å². The number of aromatic amines is 1. The highest BCUT2D eigenvalue weighted by molar-refractivity contribution is 7.16. The van der Waals surface area contributed by atoms with Gasteiger partial charge in [0.15, 0.2) is 0 Å². The van der Waals surface area contributed by atoms with Crippen LogP contribution in [0.4, 0.5) is 21.2 Å². The van der Waals surface area contributed by atoms with Crippen molar-refractivity contribution >= 4 is 81.4 Å². The summed E-state index contributed by atoms with van der Waals surface area (Å²) in [6.45, 7) is 13.1. The normalized spacial score (nSPS) is 24.9. The Bertz CT molecular complexity index is 2490. The quantitative estimate of drug-likeness (QED) is 0.0873. The number of nitrogens with zero attached hydrogens (tertiary/aromatic N) is 7. The molecule has 4 aromatic rings. The van der Waals surface area contributed by atoms with Crippen molar-refractivity contribution in [3.05, 3.63) is 66.2 Å². The van der Waals surface area contributed by atoms with Crippen LogP contribution in [-0.4, -0.2) is 170 Å². The third-order valence-corrected chi connectivity index (χ3v) is 18.2. The molecule has 4 saturated heterocycles. The fourth-order valence-electron chi connectivity index (χ4n) is 10.6. The van der Waals surface area contributed by atoms with E-state index < -0.39 is 16.8 Å². The summed E-state index contributed by atoms with van der Waals surface area (Å²) in [5.41, 5.74) is 0.886. The lowest BCUT2D eigenvalue weighted by atomic mass is 9.74. The number of aliphatic carboxylic acids is 1. The number of carboxylic acids is 1. The summed E-state index contributed by atoms with van der Waals surface area (Å²) in [7, 11) is 0. The topological polar surface area (TPSA) is 231 Å². The molecule has 19 nitrogen and oxygen atoms in total. The lowest BCUT2D eigenvalue weighted by molar-refractivity contribution is -0.150. The number of halogens is 2. The number of amides is 4. The van der Waals surface area contributed by atoms with Crippen LogP contribution in [-0.2, 0) is 27.4 Å². The third kappa shape index (κ3) is 15.2. The number of hydrogen-bond acceptors (Lipinski definition) is 14. The first-order chi connectivity index (χ1) is 36.1. The van der Waals surface area contributed by atoms with Crippen molar-refractivity contribution < 1.29 is 44.0 Å². The highest BCUT2D eigenvalue weighted by atomic mass is 35.5. The number of carbonyl (C=O) groups excluding carboxylic acids is 3. The average Bonchev–Trinajstić information content (AvgIpc) is 4.28. The van der Waals surface area contributed by atoms with Crippen molar-refractivity contribution in [3.63, 3.8) is 0 Å². The van der Waals surface area contributed by atoms with Crippen LogP contribution in [0.3, 0.4) is 0 Å². The molecule has 4 aromatic heterocycles. The Labute approximate surface area is 457 Å². The maximum absolute atomic E-state index is 13.8. The second-order valence-corrected chi connectivity index (χ2v) is 24.8. The molecule has 4 amide bonds. The van der Waals surface area contributed by atoms with Gasteiger partial charge >= 0.3 is 18.0 Å². The van der Waals surface area contributed by atoms with Crippen LogP contribution in [0.2, 0.25) is 8.67 Å². The number of rotatable bonds is 10. The number of carbonyl (C=O) groups is 4. The first-order valence-electron chi connectivity index (χ1n) is 26.5. The summed E-state index contributed by atoms with van der Waals surface area (Å²) < 4.78 is 13.8. The number of carboxylic acid groups (broad SMARTS) is 1. The van der Waals surface area contributed by atoms with E-state index in [1.165, 1.54) is 16.2 Å². The fraction of sp³-hybridized carbons (Fsp3) is 0.654. The van der Waals surface area contributed by atoms with Gasteiger partial charge in [-0.05, 0) is 108 Å². The highest BCUT2D eigenvalue weighted by Gasteiger charge is 2.41. The first-order valence-corrected chi connectivity index (χ1v) is 28.9. The summed E-state index contributed by atoms with van der Waals surface area (Å²) in [5.74, 6) is 1.37. The molecule has 0 unspecified atom stereocenters. The Kier molecular flexibility index (Phi) is 19.8. The molecule has 0 spiro atoms. The Morgan fingerprint density at radius 2 is 1.11 bits per heavy atom. The van der Waals surface area contributed by atoms with E-state index in [-0.39, 0.29) is 36.1 Å². The van der Waals surface area contributed by atoms with Gasteiger partial charge in [-0.2, -0.15) is 14.9 Å². The van der Waals surface area contributed by atoms with E-state index in [0.29, 0.717) is 142 Å². The van der Waals surface area contributed by atoms with Crippen LogP contribution >= 0.6 is 45.9 Å². The molecule has 8 heterocycles. The van der Waals surface area contributed by atoms with E-state index in [1.54, 1.807) is 22.9 Å². The van der Waals surface area contributed by atoms with Crippen molar-refractivity contribution in [3.8, 4) is 0 Å². The largest absolute Gasteiger partial charge is 0.481 e. The van der Waals surface area contributed by atoms with Gasteiger partial charge in [-0.3, -0.25) is 14.7 Å². The van der Waals surface area contributed by atoms with Crippen molar-refractivity contribution in [2.45, 2.75) is 128 Å². The van der Waals surface area contributed by atoms with E-state index in [4.69, 9.17) is 48.0 Å². The van der Waals surface area contributed by atoms with Gasteiger partial charge in [0, 0.05) is 97.2 Å². The van der Waals surface area contributed by atoms with Crippen molar-refractivity contribution in [2.75, 3.05) is 89.4 Å². The minimum Gasteiger partial charge on any atom is -0.481 e. The van der Waals surface area contributed by atoms with Gasteiger partial charge in [0.1, 0.15) is 11.6 Å². The number of likely N-dealkylation sites (tertiary alicyclic amines) is 2. The molecule has 0 atom stereocenters. The zero-order valence-electron chi connectivity index (χ0n) is 43.2. The summed E-state index contributed by atoms with van der Waals surface area (Å²) in [4.78, 5) is 59.9. The van der Waals surface area contributed by atoms with Crippen LogP contribution in [0.25, 0.3) is 0 Å². The summed E-state index contributed by atoms with van der Waals surface area (Å²) in [6.07, 6.45) is 7.92. The first kappa shape index (κ1) is 56.7. The van der Waals surface area contributed by atoms with Gasteiger partial charge < -0.3 is 55.0 Å². The smallest absolute Gasteiger partial charge is 0.320 e. The molecule has 2 aliphatic carbocycles. The summed E-state index contributed by atoms with van der Waals surface area (Å²) in [6, 6.07) is 12.1. The Morgan fingerprint density at radius 3 is 1.57 bits per heavy atom. The number of hydrogen-bond donors (Lipinski definition) is 6. The molecular formula is C52H74Cl2N10O9S2. The number of aliphatic hydroxyl groups is 2. The highest BCUT2D eigenvalue weighted by Crippen LogP contribution is 2.40. The van der Waals surface area contributed by atoms with E-state index in [0.717, 1.165) is 69.5 Å². The van der Waals surface area contributed by atoms with Gasteiger partial charge in [-0.25, -0.2) is 9.59 Å². The number of morpholine rings is 2. The molecule has 0 bridgehead atoms. The van der Waals surface area contributed by atoms with E-state index in [9.17, 15) is 24.3 Å². The van der Waals surface area contributed by atoms with Gasteiger partial charge in [0.05, 0.1) is 71.5 Å². The molecule has 6 N–H and O–H groups in total. The van der Waals surface area contributed by atoms with Crippen molar-refractivity contribution in [1.29, 1.82) is 0 Å². The Balaban J connectivity index is 0.000000171. The van der Waals surface area contributed by atoms with Crippen LogP contribution < -0.4 is 10.6 Å². The number of aromatic nitrogens is 4.